The molecule has 4 nitrogen and oxygen atoms in total. The van der Waals surface area contributed by atoms with Crippen LogP contribution in [-0.2, 0) is 6.54 Å². The van der Waals surface area contributed by atoms with Crippen LogP contribution >= 0.6 is 0 Å². The Morgan fingerprint density at radius 3 is 2.52 bits per heavy atom. The number of rotatable bonds is 5. The minimum Gasteiger partial charge on any atom is -0.491 e. The highest BCUT2D eigenvalue weighted by Gasteiger charge is 2.12. The highest BCUT2D eigenvalue weighted by molar-refractivity contribution is 5.75. The van der Waals surface area contributed by atoms with E-state index in [1.165, 1.54) is 0 Å². The van der Waals surface area contributed by atoms with Crippen molar-refractivity contribution in [1.82, 2.24) is 9.55 Å². The van der Waals surface area contributed by atoms with Gasteiger partial charge in [0.25, 0.3) is 0 Å². The fraction of sp³-hybridized carbons (Fsp3) is 0.316. The number of aryl methyl sites for hydroxylation is 3. The van der Waals surface area contributed by atoms with Gasteiger partial charge in [-0.15, -0.1) is 0 Å². The molecule has 1 N–H and O–H groups in total. The van der Waals surface area contributed by atoms with Crippen LogP contribution in [-0.4, -0.2) is 27.4 Å². The standard InChI is InChI=1S/C19H22N2O2/c1-13-8-14(2)10-17(9-13)23-12-16(22)11-21-15(3)20-18-6-4-5-7-19(18)21/h4-10,16,22H,11-12H2,1-3H3/t16-/m0/s1. The fourth-order valence-electron chi connectivity index (χ4n) is 2.90. The molecule has 2 aromatic carbocycles. The number of aromatic nitrogens is 2. The van der Waals surface area contributed by atoms with Crippen LogP contribution in [0.25, 0.3) is 11.0 Å². The van der Waals surface area contributed by atoms with E-state index in [1.807, 2.05) is 61.7 Å². The van der Waals surface area contributed by atoms with Gasteiger partial charge >= 0.3 is 0 Å². The maximum Gasteiger partial charge on any atom is 0.119 e. The van der Waals surface area contributed by atoms with Crippen LogP contribution in [0.5, 0.6) is 5.75 Å². The summed E-state index contributed by atoms with van der Waals surface area (Å²) in [5.74, 6) is 1.70. The number of hydrogen-bond donors (Lipinski definition) is 1. The molecule has 23 heavy (non-hydrogen) atoms. The zero-order chi connectivity index (χ0) is 16.4. The number of imidazole rings is 1. The number of aliphatic hydroxyl groups excluding tert-OH is 1. The first-order valence-electron chi connectivity index (χ1n) is 7.84. The molecule has 0 spiro atoms. The molecule has 0 saturated carbocycles. The molecule has 120 valence electrons. The van der Waals surface area contributed by atoms with Crippen molar-refractivity contribution in [3.63, 3.8) is 0 Å². The lowest BCUT2D eigenvalue weighted by atomic mass is 10.1. The summed E-state index contributed by atoms with van der Waals surface area (Å²) >= 11 is 0. The smallest absolute Gasteiger partial charge is 0.119 e. The summed E-state index contributed by atoms with van der Waals surface area (Å²) in [6.07, 6.45) is -0.591. The van der Waals surface area contributed by atoms with Crippen molar-refractivity contribution in [3.05, 3.63) is 59.4 Å². The summed E-state index contributed by atoms with van der Waals surface area (Å²) in [6.45, 7) is 6.76. The molecule has 1 heterocycles. The van der Waals surface area contributed by atoms with Crippen molar-refractivity contribution in [2.75, 3.05) is 6.61 Å². The van der Waals surface area contributed by atoms with Gasteiger partial charge in [-0.05, 0) is 56.2 Å². The summed E-state index contributed by atoms with van der Waals surface area (Å²) in [7, 11) is 0. The molecule has 0 saturated heterocycles. The number of ether oxygens (including phenoxy) is 1. The Labute approximate surface area is 136 Å². The van der Waals surface area contributed by atoms with Gasteiger partial charge in [-0.2, -0.15) is 0 Å². The number of fused-ring (bicyclic) bond motifs is 1. The Bertz CT molecular complexity index is 803. The SMILES string of the molecule is Cc1cc(C)cc(OC[C@@H](O)Cn2c(C)nc3ccccc32)c1. The lowest BCUT2D eigenvalue weighted by molar-refractivity contribution is 0.0929. The third kappa shape index (κ3) is 3.54. The molecular weight excluding hydrogens is 288 g/mol. The van der Waals surface area contributed by atoms with E-state index in [0.29, 0.717) is 6.54 Å². The summed E-state index contributed by atoms with van der Waals surface area (Å²) in [4.78, 5) is 4.52. The zero-order valence-electron chi connectivity index (χ0n) is 13.8. The van der Waals surface area contributed by atoms with Gasteiger partial charge in [0, 0.05) is 0 Å². The number of para-hydroxylation sites is 2. The van der Waals surface area contributed by atoms with Crippen molar-refractivity contribution in [1.29, 1.82) is 0 Å². The number of nitrogens with zero attached hydrogens (tertiary/aromatic N) is 2. The molecule has 0 aliphatic heterocycles. The Hall–Kier alpha value is -2.33. The highest BCUT2D eigenvalue weighted by atomic mass is 16.5. The normalized spacial score (nSPS) is 12.5. The van der Waals surface area contributed by atoms with Gasteiger partial charge in [-0.25, -0.2) is 4.98 Å². The van der Waals surface area contributed by atoms with Crippen LogP contribution < -0.4 is 4.74 Å². The second kappa shape index (κ2) is 6.42. The number of benzene rings is 2. The third-order valence-corrected chi connectivity index (χ3v) is 3.88. The molecule has 1 aromatic heterocycles. The lowest BCUT2D eigenvalue weighted by Gasteiger charge is -2.15. The van der Waals surface area contributed by atoms with Crippen LogP contribution in [0.2, 0.25) is 0 Å². The van der Waals surface area contributed by atoms with Crippen LogP contribution in [0, 0.1) is 20.8 Å². The van der Waals surface area contributed by atoms with Crippen LogP contribution in [0.1, 0.15) is 17.0 Å². The van der Waals surface area contributed by atoms with E-state index < -0.39 is 6.10 Å². The summed E-state index contributed by atoms with van der Waals surface area (Å²) in [5, 5.41) is 10.3. The molecular formula is C19H22N2O2. The van der Waals surface area contributed by atoms with Crippen molar-refractivity contribution in [2.24, 2.45) is 0 Å². The van der Waals surface area contributed by atoms with E-state index >= 15 is 0 Å². The van der Waals surface area contributed by atoms with Crippen LogP contribution in [0.15, 0.2) is 42.5 Å². The highest BCUT2D eigenvalue weighted by Crippen LogP contribution is 2.18. The molecule has 0 unspecified atom stereocenters. The van der Waals surface area contributed by atoms with E-state index in [-0.39, 0.29) is 6.61 Å². The van der Waals surface area contributed by atoms with E-state index in [2.05, 4.69) is 11.1 Å². The maximum absolute atomic E-state index is 10.3. The second-order valence-electron chi connectivity index (χ2n) is 6.05. The minimum absolute atomic E-state index is 0.259. The van der Waals surface area contributed by atoms with Gasteiger partial charge in [0.15, 0.2) is 0 Å². The van der Waals surface area contributed by atoms with Gasteiger partial charge in [-0.3, -0.25) is 0 Å². The molecule has 0 radical (unpaired) electrons. The molecule has 3 rings (SSSR count). The Morgan fingerprint density at radius 1 is 1.09 bits per heavy atom. The molecule has 0 fully saturated rings. The summed E-state index contributed by atoms with van der Waals surface area (Å²) < 4.78 is 7.78. The zero-order valence-corrected chi connectivity index (χ0v) is 13.8. The molecule has 0 aliphatic carbocycles. The van der Waals surface area contributed by atoms with E-state index in [0.717, 1.165) is 33.7 Å². The van der Waals surface area contributed by atoms with Gasteiger partial charge < -0.3 is 14.4 Å². The Kier molecular flexibility index (Phi) is 4.35. The molecule has 4 heteroatoms. The van der Waals surface area contributed by atoms with E-state index in [4.69, 9.17) is 4.74 Å². The maximum atomic E-state index is 10.3. The summed E-state index contributed by atoms with van der Waals surface area (Å²) in [6, 6.07) is 14.0. The van der Waals surface area contributed by atoms with Crippen LogP contribution in [0.4, 0.5) is 0 Å². The molecule has 3 aromatic rings. The van der Waals surface area contributed by atoms with Gasteiger partial charge in [0.2, 0.25) is 0 Å². The topological polar surface area (TPSA) is 47.3 Å². The van der Waals surface area contributed by atoms with Gasteiger partial charge in [0.1, 0.15) is 24.3 Å². The first-order valence-corrected chi connectivity index (χ1v) is 7.84. The van der Waals surface area contributed by atoms with Gasteiger partial charge in [-0.1, -0.05) is 18.2 Å². The third-order valence-electron chi connectivity index (χ3n) is 3.88. The van der Waals surface area contributed by atoms with Crippen molar-refractivity contribution >= 4 is 11.0 Å². The largest absolute Gasteiger partial charge is 0.491 e. The molecule has 0 aliphatic rings. The van der Waals surface area contributed by atoms with Crippen molar-refractivity contribution in [3.8, 4) is 5.75 Å². The first-order chi connectivity index (χ1) is 11.0. The monoisotopic (exact) mass is 310 g/mol. The molecule has 0 bridgehead atoms. The second-order valence-corrected chi connectivity index (χ2v) is 6.05. The summed E-state index contributed by atoms with van der Waals surface area (Å²) in [5.41, 5.74) is 4.31. The van der Waals surface area contributed by atoms with Gasteiger partial charge in [0.05, 0.1) is 17.6 Å². The minimum atomic E-state index is -0.591. The van der Waals surface area contributed by atoms with E-state index in [9.17, 15) is 5.11 Å². The Morgan fingerprint density at radius 2 is 1.78 bits per heavy atom. The number of aliphatic hydroxyl groups is 1. The lowest BCUT2D eigenvalue weighted by Crippen LogP contribution is -2.24. The quantitative estimate of drug-likeness (QED) is 0.785. The molecule has 1 atom stereocenters. The number of hydrogen-bond acceptors (Lipinski definition) is 3. The average molecular weight is 310 g/mol. The van der Waals surface area contributed by atoms with Crippen molar-refractivity contribution < 1.29 is 9.84 Å². The first kappa shape index (κ1) is 15.6. The fourth-order valence-corrected chi connectivity index (χ4v) is 2.90. The predicted molar refractivity (Wildman–Crippen MR) is 91.9 cm³/mol. The Balaban J connectivity index is 1.69. The van der Waals surface area contributed by atoms with E-state index in [1.54, 1.807) is 0 Å². The predicted octanol–water partition coefficient (Wildman–Crippen LogP) is 3.40. The van der Waals surface area contributed by atoms with Crippen LogP contribution in [0.3, 0.4) is 0 Å². The average Bonchev–Trinajstić information content (AvgIpc) is 2.80. The molecule has 0 amide bonds. The van der Waals surface area contributed by atoms with Crippen molar-refractivity contribution in [2.45, 2.75) is 33.4 Å².